The molecule has 0 aromatic heterocycles. The third kappa shape index (κ3) is 2.91. The van der Waals surface area contributed by atoms with Gasteiger partial charge in [0.15, 0.2) is 0 Å². The molecule has 3 fully saturated rings. The second-order valence-electron chi connectivity index (χ2n) is 6.85. The van der Waals surface area contributed by atoms with Crippen LogP contribution in [-0.2, 0) is 0 Å². The van der Waals surface area contributed by atoms with Crippen molar-refractivity contribution in [2.24, 2.45) is 11.8 Å². The topological polar surface area (TPSA) is 15.3 Å². The summed E-state index contributed by atoms with van der Waals surface area (Å²) in [6.07, 6.45) is 10.1. The molecule has 3 unspecified atom stereocenters. The molecular formula is C16H30N2. The van der Waals surface area contributed by atoms with Crippen LogP contribution in [-0.4, -0.2) is 36.1 Å². The van der Waals surface area contributed by atoms with E-state index in [0.29, 0.717) is 0 Å². The summed E-state index contributed by atoms with van der Waals surface area (Å²) in [7, 11) is 0. The molecule has 0 bridgehead atoms. The molecule has 3 atom stereocenters. The highest BCUT2D eigenvalue weighted by atomic mass is 15.3. The minimum atomic E-state index is 0.795. The summed E-state index contributed by atoms with van der Waals surface area (Å²) in [6.45, 7) is 7.32. The van der Waals surface area contributed by atoms with E-state index in [9.17, 15) is 0 Å². The third-order valence-corrected chi connectivity index (χ3v) is 5.40. The highest BCUT2D eigenvalue weighted by Crippen LogP contribution is 2.38. The fourth-order valence-electron chi connectivity index (χ4n) is 3.76. The van der Waals surface area contributed by atoms with Crippen molar-refractivity contribution >= 4 is 0 Å². The average Bonchev–Trinajstić information content (AvgIpc) is 3.29. The van der Waals surface area contributed by atoms with Crippen LogP contribution in [0.3, 0.4) is 0 Å². The molecule has 1 heterocycles. The molecule has 0 radical (unpaired) electrons. The van der Waals surface area contributed by atoms with Gasteiger partial charge in [-0.3, -0.25) is 4.90 Å². The van der Waals surface area contributed by atoms with Crippen LogP contribution in [0.2, 0.25) is 0 Å². The van der Waals surface area contributed by atoms with Crippen molar-refractivity contribution in [3.8, 4) is 0 Å². The lowest BCUT2D eigenvalue weighted by Gasteiger charge is -2.45. The van der Waals surface area contributed by atoms with Gasteiger partial charge in [0.25, 0.3) is 0 Å². The second-order valence-corrected chi connectivity index (χ2v) is 6.85. The Hall–Kier alpha value is -0.0800. The first-order valence-electron chi connectivity index (χ1n) is 8.30. The van der Waals surface area contributed by atoms with E-state index in [4.69, 9.17) is 0 Å². The van der Waals surface area contributed by atoms with Gasteiger partial charge in [0, 0.05) is 31.2 Å². The Morgan fingerprint density at radius 1 is 1.17 bits per heavy atom. The zero-order chi connectivity index (χ0) is 12.5. The maximum Gasteiger partial charge on any atom is 0.0224 e. The Kier molecular flexibility index (Phi) is 3.95. The van der Waals surface area contributed by atoms with Crippen LogP contribution < -0.4 is 5.32 Å². The van der Waals surface area contributed by atoms with Crippen molar-refractivity contribution in [2.45, 2.75) is 76.9 Å². The molecule has 1 N–H and O–H groups in total. The molecule has 18 heavy (non-hydrogen) atoms. The van der Waals surface area contributed by atoms with Gasteiger partial charge in [-0.1, -0.05) is 26.7 Å². The monoisotopic (exact) mass is 250 g/mol. The van der Waals surface area contributed by atoms with E-state index in [0.717, 1.165) is 30.0 Å². The lowest BCUT2D eigenvalue weighted by atomic mass is 9.97. The normalized spacial score (nSPS) is 35.7. The van der Waals surface area contributed by atoms with E-state index >= 15 is 0 Å². The molecule has 2 nitrogen and oxygen atoms in total. The molecular weight excluding hydrogens is 220 g/mol. The van der Waals surface area contributed by atoms with Gasteiger partial charge in [-0.15, -0.1) is 0 Å². The number of rotatable bonds is 6. The Bertz CT molecular complexity index is 270. The molecule has 2 saturated carbocycles. The van der Waals surface area contributed by atoms with E-state index in [2.05, 4.69) is 24.1 Å². The summed E-state index contributed by atoms with van der Waals surface area (Å²) in [4.78, 5) is 2.89. The Morgan fingerprint density at radius 2 is 1.94 bits per heavy atom. The lowest BCUT2D eigenvalue weighted by molar-refractivity contribution is 0.0641. The molecule has 0 spiro atoms. The van der Waals surface area contributed by atoms with E-state index < -0.39 is 0 Å². The zero-order valence-electron chi connectivity index (χ0n) is 12.2. The van der Waals surface area contributed by atoms with Crippen LogP contribution in [0, 0.1) is 11.8 Å². The van der Waals surface area contributed by atoms with Crippen LogP contribution in [0.4, 0.5) is 0 Å². The standard InChI is InChI=1S/C16H30N2/c1-3-14(9-12-5-6-12)18-11-16(13-7-8-13)17-10-15(18)4-2/h12-17H,3-11H2,1-2H3. The molecule has 2 heteroatoms. The Labute approximate surface area is 113 Å². The van der Waals surface area contributed by atoms with E-state index in [1.807, 2.05) is 0 Å². The quantitative estimate of drug-likeness (QED) is 0.779. The van der Waals surface area contributed by atoms with Gasteiger partial charge in [0.05, 0.1) is 0 Å². The Morgan fingerprint density at radius 3 is 2.50 bits per heavy atom. The summed E-state index contributed by atoms with van der Waals surface area (Å²) < 4.78 is 0. The third-order valence-electron chi connectivity index (χ3n) is 5.40. The Balaban J connectivity index is 1.62. The SMILES string of the molecule is CCC1CNC(C2CC2)CN1C(CC)CC1CC1. The molecule has 0 aromatic rings. The summed E-state index contributed by atoms with van der Waals surface area (Å²) in [5.41, 5.74) is 0. The number of nitrogens with zero attached hydrogens (tertiary/aromatic N) is 1. The highest BCUT2D eigenvalue weighted by Gasteiger charge is 2.39. The molecule has 1 aliphatic heterocycles. The highest BCUT2D eigenvalue weighted by molar-refractivity contribution is 4.96. The van der Waals surface area contributed by atoms with Crippen molar-refractivity contribution in [1.29, 1.82) is 0 Å². The summed E-state index contributed by atoms with van der Waals surface area (Å²) in [6, 6.07) is 2.47. The fourth-order valence-corrected chi connectivity index (χ4v) is 3.76. The maximum absolute atomic E-state index is 3.82. The molecule has 3 rings (SSSR count). The summed E-state index contributed by atoms with van der Waals surface area (Å²) in [5, 5.41) is 3.82. The van der Waals surface area contributed by atoms with Crippen molar-refractivity contribution in [2.75, 3.05) is 13.1 Å². The second kappa shape index (κ2) is 5.50. The van der Waals surface area contributed by atoms with Crippen molar-refractivity contribution in [3.63, 3.8) is 0 Å². The van der Waals surface area contributed by atoms with Crippen LogP contribution in [0.1, 0.15) is 58.8 Å². The van der Waals surface area contributed by atoms with E-state index in [-0.39, 0.29) is 0 Å². The first-order valence-corrected chi connectivity index (χ1v) is 8.30. The molecule has 1 saturated heterocycles. The lowest BCUT2D eigenvalue weighted by Crippen LogP contribution is -2.59. The van der Waals surface area contributed by atoms with Crippen LogP contribution in [0.15, 0.2) is 0 Å². The minimum absolute atomic E-state index is 0.795. The molecule has 104 valence electrons. The predicted octanol–water partition coefficient (Wildman–Crippen LogP) is 3.03. The first kappa shape index (κ1) is 12.9. The van der Waals surface area contributed by atoms with Crippen molar-refractivity contribution in [3.05, 3.63) is 0 Å². The number of nitrogens with one attached hydrogen (secondary N) is 1. The number of piperazine rings is 1. The first-order chi connectivity index (χ1) is 8.81. The van der Waals surface area contributed by atoms with Gasteiger partial charge in [-0.05, 0) is 43.9 Å². The maximum atomic E-state index is 3.82. The molecule has 2 aliphatic carbocycles. The molecule has 0 amide bonds. The van der Waals surface area contributed by atoms with Gasteiger partial charge in [0.1, 0.15) is 0 Å². The van der Waals surface area contributed by atoms with Crippen molar-refractivity contribution < 1.29 is 0 Å². The largest absolute Gasteiger partial charge is 0.311 e. The summed E-state index contributed by atoms with van der Waals surface area (Å²) >= 11 is 0. The smallest absolute Gasteiger partial charge is 0.0224 e. The van der Waals surface area contributed by atoms with Crippen LogP contribution in [0.25, 0.3) is 0 Å². The van der Waals surface area contributed by atoms with E-state index in [1.165, 1.54) is 58.0 Å². The predicted molar refractivity (Wildman–Crippen MR) is 76.7 cm³/mol. The van der Waals surface area contributed by atoms with Gasteiger partial charge in [0.2, 0.25) is 0 Å². The average molecular weight is 250 g/mol. The van der Waals surface area contributed by atoms with Gasteiger partial charge >= 0.3 is 0 Å². The summed E-state index contributed by atoms with van der Waals surface area (Å²) in [5.74, 6) is 2.07. The minimum Gasteiger partial charge on any atom is -0.311 e. The number of hydrogen-bond acceptors (Lipinski definition) is 2. The van der Waals surface area contributed by atoms with Gasteiger partial charge in [-0.2, -0.15) is 0 Å². The number of hydrogen-bond donors (Lipinski definition) is 1. The molecule has 3 aliphatic rings. The van der Waals surface area contributed by atoms with Gasteiger partial charge < -0.3 is 5.32 Å². The van der Waals surface area contributed by atoms with Crippen LogP contribution >= 0.6 is 0 Å². The van der Waals surface area contributed by atoms with Crippen molar-refractivity contribution in [1.82, 2.24) is 10.2 Å². The van der Waals surface area contributed by atoms with E-state index in [1.54, 1.807) is 0 Å². The zero-order valence-corrected chi connectivity index (χ0v) is 12.2. The fraction of sp³-hybridized carbons (Fsp3) is 1.00. The van der Waals surface area contributed by atoms with Gasteiger partial charge in [-0.25, -0.2) is 0 Å². The van der Waals surface area contributed by atoms with Crippen LogP contribution in [0.5, 0.6) is 0 Å². The molecule has 0 aromatic carbocycles.